The largest absolute Gasteiger partial charge is 0.480 e. The van der Waals surface area contributed by atoms with Crippen molar-refractivity contribution in [2.75, 3.05) is 0 Å². The number of carboxylic acids is 1. The average Bonchev–Trinajstić information content (AvgIpc) is 2.99. The highest BCUT2D eigenvalue weighted by Gasteiger charge is 2.22. The summed E-state index contributed by atoms with van der Waals surface area (Å²) >= 11 is 0. The number of aliphatic carboxylic acids is 1. The molecule has 0 bridgehead atoms. The SMILES string of the molecule is Cn1nccc1C(=O)NC(Cc1cnc[nH]1)C(=O)O. The molecule has 0 aliphatic rings. The van der Waals surface area contributed by atoms with Crippen LogP contribution >= 0.6 is 0 Å². The maximum Gasteiger partial charge on any atom is 0.326 e. The molecule has 1 unspecified atom stereocenters. The summed E-state index contributed by atoms with van der Waals surface area (Å²) in [6, 6.07) is 0.493. The normalized spacial score (nSPS) is 12.1. The van der Waals surface area contributed by atoms with E-state index in [1.807, 2.05) is 0 Å². The van der Waals surface area contributed by atoms with Gasteiger partial charge < -0.3 is 15.4 Å². The molecule has 0 aliphatic heterocycles. The van der Waals surface area contributed by atoms with E-state index in [-0.39, 0.29) is 6.42 Å². The fraction of sp³-hybridized carbons (Fsp3) is 0.273. The van der Waals surface area contributed by atoms with Crippen LogP contribution in [0, 0.1) is 0 Å². The highest BCUT2D eigenvalue weighted by molar-refractivity contribution is 5.95. The third-order valence-corrected chi connectivity index (χ3v) is 2.64. The van der Waals surface area contributed by atoms with Gasteiger partial charge in [0.2, 0.25) is 0 Å². The second kappa shape index (κ2) is 5.34. The van der Waals surface area contributed by atoms with Crippen LogP contribution in [0.4, 0.5) is 0 Å². The first-order valence-corrected chi connectivity index (χ1v) is 5.57. The van der Waals surface area contributed by atoms with Crippen LogP contribution < -0.4 is 5.32 Å². The fourth-order valence-corrected chi connectivity index (χ4v) is 1.65. The van der Waals surface area contributed by atoms with Crippen LogP contribution in [0.5, 0.6) is 0 Å². The van der Waals surface area contributed by atoms with Gasteiger partial charge in [0.05, 0.1) is 6.33 Å². The minimum absolute atomic E-state index is 0.138. The number of imidazole rings is 1. The lowest BCUT2D eigenvalue weighted by molar-refractivity contribution is -0.139. The van der Waals surface area contributed by atoms with Crippen molar-refractivity contribution in [3.05, 3.63) is 36.2 Å². The average molecular weight is 263 g/mol. The van der Waals surface area contributed by atoms with Crippen LogP contribution in [0.3, 0.4) is 0 Å². The number of aromatic nitrogens is 4. The maximum atomic E-state index is 11.9. The van der Waals surface area contributed by atoms with Gasteiger partial charge in [-0.15, -0.1) is 0 Å². The summed E-state index contributed by atoms with van der Waals surface area (Å²) in [7, 11) is 1.61. The molecule has 2 rings (SSSR count). The Labute approximate surface area is 108 Å². The van der Waals surface area contributed by atoms with Crippen molar-refractivity contribution in [1.82, 2.24) is 25.1 Å². The van der Waals surface area contributed by atoms with Crippen molar-refractivity contribution in [3.63, 3.8) is 0 Å². The van der Waals surface area contributed by atoms with Crippen LogP contribution in [0.2, 0.25) is 0 Å². The number of amides is 1. The first-order valence-electron chi connectivity index (χ1n) is 5.57. The molecule has 19 heavy (non-hydrogen) atoms. The molecule has 8 heteroatoms. The molecule has 0 aromatic carbocycles. The molecule has 0 fully saturated rings. The highest BCUT2D eigenvalue weighted by Crippen LogP contribution is 2.02. The molecule has 3 N–H and O–H groups in total. The van der Waals surface area contributed by atoms with Gasteiger partial charge in [0.1, 0.15) is 11.7 Å². The van der Waals surface area contributed by atoms with Crippen molar-refractivity contribution in [3.8, 4) is 0 Å². The van der Waals surface area contributed by atoms with Crippen molar-refractivity contribution in [1.29, 1.82) is 0 Å². The Hall–Kier alpha value is -2.64. The van der Waals surface area contributed by atoms with Crippen molar-refractivity contribution >= 4 is 11.9 Å². The van der Waals surface area contributed by atoms with Crippen LogP contribution in [-0.4, -0.2) is 42.8 Å². The van der Waals surface area contributed by atoms with Crippen LogP contribution in [0.25, 0.3) is 0 Å². The number of H-pyrrole nitrogens is 1. The quantitative estimate of drug-likeness (QED) is 0.677. The summed E-state index contributed by atoms with van der Waals surface area (Å²) in [6.45, 7) is 0. The molecule has 1 atom stereocenters. The Balaban J connectivity index is 2.07. The number of hydrogen-bond donors (Lipinski definition) is 3. The molecule has 2 aromatic rings. The van der Waals surface area contributed by atoms with E-state index in [4.69, 9.17) is 5.11 Å². The molecule has 8 nitrogen and oxygen atoms in total. The Morgan fingerprint density at radius 2 is 2.37 bits per heavy atom. The molecule has 1 amide bonds. The van der Waals surface area contributed by atoms with E-state index >= 15 is 0 Å². The van der Waals surface area contributed by atoms with Crippen molar-refractivity contribution < 1.29 is 14.7 Å². The van der Waals surface area contributed by atoms with E-state index < -0.39 is 17.9 Å². The minimum atomic E-state index is -1.11. The van der Waals surface area contributed by atoms with Crippen molar-refractivity contribution in [2.24, 2.45) is 7.05 Å². The molecule has 100 valence electrons. The lowest BCUT2D eigenvalue weighted by Crippen LogP contribution is -2.43. The summed E-state index contributed by atoms with van der Waals surface area (Å²) in [5.74, 6) is -1.59. The lowest BCUT2D eigenvalue weighted by Gasteiger charge is -2.13. The third kappa shape index (κ3) is 2.97. The van der Waals surface area contributed by atoms with Gasteiger partial charge in [-0.3, -0.25) is 9.48 Å². The van der Waals surface area contributed by atoms with Gasteiger partial charge in [-0.05, 0) is 6.07 Å². The van der Waals surface area contributed by atoms with Crippen LogP contribution in [0.1, 0.15) is 16.2 Å². The van der Waals surface area contributed by atoms with Crippen LogP contribution in [-0.2, 0) is 18.3 Å². The summed E-state index contributed by atoms with van der Waals surface area (Å²) in [6.07, 6.45) is 4.59. The highest BCUT2D eigenvalue weighted by atomic mass is 16.4. The molecule has 0 saturated heterocycles. The minimum Gasteiger partial charge on any atom is -0.480 e. The number of rotatable bonds is 5. The summed E-state index contributed by atoms with van der Waals surface area (Å²) in [5.41, 5.74) is 0.938. The molecular formula is C11H13N5O3. The van der Waals surface area contributed by atoms with Gasteiger partial charge in [-0.2, -0.15) is 5.10 Å². The Bertz CT molecular complexity index is 575. The zero-order valence-electron chi connectivity index (χ0n) is 10.2. The standard InChI is InChI=1S/C11H13N5O3/c1-16-9(2-3-14-16)10(17)15-8(11(18)19)4-7-5-12-6-13-7/h2-3,5-6,8H,4H2,1H3,(H,12,13)(H,15,17)(H,18,19). The Morgan fingerprint density at radius 1 is 1.58 bits per heavy atom. The summed E-state index contributed by atoms with van der Waals surface area (Å²) in [4.78, 5) is 29.7. The van der Waals surface area contributed by atoms with E-state index in [2.05, 4.69) is 20.4 Å². The van der Waals surface area contributed by atoms with Gasteiger partial charge >= 0.3 is 5.97 Å². The van der Waals surface area contributed by atoms with Gasteiger partial charge in [-0.25, -0.2) is 9.78 Å². The summed E-state index contributed by atoms with van der Waals surface area (Å²) < 4.78 is 1.38. The number of nitrogens with one attached hydrogen (secondary N) is 2. The monoisotopic (exact) mass is 263 g/mol. The Kier molecular flexibility index (Phi) is 3.60. The Morgan fingerprint density at radius 3 is 2.89 bits per heavy atom. The van der Waals surface area contributed by atoms with Gasteiger partial charge in [0.15, 0.2) is 0 Å². The van der Waals surface area contributed by atoms with E-state index in [0.717, 1.165) is 0 Å². The van der Waals surface area contributed by atoms with Crippen LogP contribution in [0.15, 0.2) is 24.8 Å². The lowest BCUT2D eigenvalue weighted by atomic mass is 10.1. The maximum absolute atomic E-state index is 11.9. The number of aryl methyl sites for hydroxylation is 1. The molecule has 0 spiro atoms. The van der Waals surface area contributed by atoms with Gasteiger partial charge in [-0.1, -0.05) is 0 Å². The number of nitrogens with zero attached hydrogens (tertiary/aromatic N) is 3. The predicted octanol–water partition coefficient (Wildman–Crippen LogP) is -0.431. The molecule has 0 aliphatic carbocycles. The number of carbonyl (C=O) groups is 2. The van der Waals surface area contributed by atoms with Gasteiger partial charge in [0, 0.05) is 31.6 Å². The topological polar surface area (TPSA) is 113 Å². The molecule has 0 saturated carbocycles. The number of aromatic amines is 1. The van der Waals surface area contributed by atoms with E-state index in [0.29, 0.717) is 11.4 Å². The van der Waals surface area contributed by atoms with E-state index in [1.54, 1.807) is 7.05 Å². The molecule has 2 aromatic heterocycles. The third-order valence-electron chi connectivity index (χ3n) is 2.64. The fourth-order valence-electron chi connectivity index (χ4n) is 1.65. The second-order valence-electron chi connectivity index (χ2n) is 3.99. The number of carbonyl (C=O) groups excluding carboxylic acids is 1. The molecular weight excluding hydrogens is 250 g/mol. The molecule has 2 heterocycles. The van der Waals surface area contributed by atoms with Crippen molar-refractivity contribution in [2.45, 2.75) is 12.5 Å². The summed E-state index contributed by atoms with van der Waals surface area (Å²) in [5, 5.41) is 15.4. The zero-order chi connectivity index (χ0) is 13.8. The van der Waals surface area contributed by atoms with E-state index in [9.17, 15) is 9.59 Å². The first-order chi connectivity index (χ1) is 9.08. The van der Waals surface area contributed by atoms with E-state index in [1.165, 1.54) is 29.5 Å². The number of hydrogen-bond acceptors (Lipinski definition) is 4. The predicted molar refractivity (Wildman–Crippen MR) is 64.4 cm³/mol. The smallest absolute Gasteiger partial charge is 0.326 e. The number of carboxylic acid groups (broad SMARTS) is 1. The first kappa shape index (κ1) is 12.8. The molecule has 0 radical (unpaired) electrons. The zero-order valence-corrected chi connectivity index (χ0v) is 10.2. The van der Waals surface area contributed by atoms with Gasteiger partial charge in [0.25, 0.3) is 5.91 Å². The second-order valence-corrected chi connectivity index (χ2v) is 3.99.